The van der Waals surface area contributed by atoms with E-state index in [-0.39, 0.29) is 18.5 Å². The van der Waals surface area contributed by atoms with Crippen LogP contribution in [0.2, 0.25) is 0 Å². The summed E-state index contributed by atoms with van der Waals surface area (Å²) in [6.07, 6.45) is 5.10. The van der Waals surface area contributed by atoms with Crippen molar-refractivity contribution in [3.63, 3.8) is 0 Å². The van der Waals surface area contributed by atoms with Crippen molar-refractivity contribution < 1.29 is 14.0 Å². The van der Waals surface area contributed by atoms with Gasteiger partial charge in [0.2, 0.25) is 11.8 Å². The highest BCUT2D eigenvalue weighted by atomic mass is 19.1. The van der Waals surface area contributed by atoms with Gasteiger partial charge < -0.3 is 5.32 Å². The average Bonchev–Trinajstić information content (AvgIpc) is 3.31. The predicted molar refractivity (Wildman–Crippen MR) is 140 cm³/mol. The molecule has 2 amide bonds. The summed E-state index contributed by atoms with van der Waals surface area (Å²) in [4.78, 5) is 29.4. The lowest BCUT2D eigenvalue weighted by Gasteiger charge is -2.34. The number of para-hydroxylation sites is 1. The van der Waals surface area contributed by atoms with Crippen molar-refractivity contribution in [2.45, 2.75) is 57.7 Å². The average molecular weight is 500 g/mol. The van der Waals surface area contributed by atoms with Crippen molar-refractivity contribution in [2.24, 2.45) is 0 Å². The summed E-state index contributed by atoms with van der Waals surface area (Å²) in [7, 11) is 0. The van der Waals surface area contributed by atoms with E-state index in [1.807, 2.05) is 55.5 Å². The molecule has 8 heteroatoms. The first kappa shape index (κ1) is 24.6. The van der Waals surface area contributed by atoms with Crippen LogP contribution in [-0.4, -0.2) is 32.9 Å². The number of fused-ring (bicyclic) bond motifs is 1. The van der Waals surface area contributed by atoms with E-state index in [1.54, 1.807) is 12.1 Å². The highest BCUT2D eigenvalue weighted by molar-refractivity contribution is 6.01. The molecule has 0 spiro atoms. The molecule has 1 aromatic heterocycles. The number of aromatic nitrogens is 3. The Labute approximate surface area is 215 Å². The van der Waals surface area contributed by atoms with Gasteiger partial charge >= 0.3 is 0 Å². The fourth-order valence-electron chi connectivity index (χ4n) is 5.12. The van der Waals surface area contributed by atoms with Gasteiger partial charge in [0.1, 0.15) is 23.9 Å². The maximum Gasteiger partial charge on any atom is 0.249 e. The van der Waals surface area contributed by atoms with Crippen LogP contribution < -0.4 is 10.2 Å². The lowest BCUT2D eigenvalue weighted by Crippen LogP contribution is -2.48. The zero-order chi connectivity index (χ0) is 25.8. The van der Waals surface area contributed by atoms with E-state index in [0.29, 0.717) is 22.3 Å². The topological polar surface area (TPSA) is 80.1 Å². The SMILES string of the molecule is Cc1ccccc1C(C(=O)NC1CCCCC1)N(C(=O)Cn1nnc2ccccc21)c1cccc(F)c1. The molecule has 4 aromatic rings. The Bertz CT molecular complexity index is 1410. The van der Waals surface area contributed by atoms with E-state index in [1.165, 1.54) is 21.7 Å². The normalized spacial score (nSPS) is 14.9. The van der Waals surface area contributed by atoms with Gasteiger partial charge in [0.25, 0.3) is 0 Å². The van der Waals surface area contributed by atoms with Crippen LogP contribution in [0.3, 0.4) is 0 Å². The minimum Gasteiger partial charge on any atom is -0.351 e. The Kier molecular flexibility index (Phi) is 7.25. The van der Waals surface area contributed by atoms with E-state index < -0.39 is 17.8 Å². The number of aryl methyl sites for hydroxylation is 1. The summed E-state index contributed by atoms with van der Waals surface area (Å²) in [6.45, 7) is 1.76. The van der Waals surface area contributed by atoms with Gasteiger partial charge in [-0.2, -0.15) is 0 Å². The summed E-state index contributed by atoms with van der Waals surface area (Å²) in [5.74, 6) is -1.16. The zero-order valence-electron chi connectivity index (χ0n) is 20.8. The molecule has 0 aliphatic heterocycles. The number of halogens is 1. The van der Waals surface area contributed by atoms with Crippen LogP contribution in [-0.2, 0) is 16.1 Å². The second-order valence-corrected chi connectivity index (χ2v) is 9.58. The standard InChI is InChI=1S/C29H30FN5O2/c1-20-10-5-6-15-24(20)28(29(37)31-22-12-3-2-4-13-22)35(23-14-9-11-21(30)18-23)27(36)19-34-26-17-8-7-16-25(26)32-33-34/h5-11,14-18,22,28H,2-4,12-13,19H2,1H3,(H,31,37). The first-order valence-corrected chi connectivity index (χ1v) is 12.7. The molecule has 1 saturated carbocycles. The van der Waals surface area contributed by atoms with E-state index >= 15 is 0 Å². The first-order valence-electron chi connectivity index (χ1n) is 12.7. The molecule has 1 N–H and O–H groups in total. The number of benzene rings is 3. The van der Waals surface area contributed by atoms with E-state index in [9.17, 15) is 14.0 Å². The number of nitrogens with zero attached hydrogens (tertiary/aromatic N) is 4. The fraction of sp³-hybridized carbons (Fsp3) is 0.310. The van der Waals surface area contributed by atoms with Gasteiger partial charge in [-0.3, -0.25) is 14.5 Å². The Morgan fingerprint density at radius 2 is 1.78 bits per heavy atom. The Hall–Kier alpha value is -4.07. The molecular formula is C29H30FN5O2. The van der Waals surface area contributed by atoms with Crippen LogP contribution >= 0.6 is 0 Å². The van der Waals surface area contributed by atoms with E-state index in [2.05, 4.69) is 15.6 Å². The van der Waals surface area contributed by atoms with Crippen molar-refractivity contribution >= 4 is 28.5 Å². The molecule has 0 radical (unpaired) electrons. The summed E-state index contributed by atoms with van der Waals surface area (Å²) in [5.41, 5.74) is 3.23. The number of amides is 2. The van der Waals surface area contributed by atoms with Gasteiger partial charge in [0.15, 0.2) is 0 Å². The van der Waals surface area contributed by atoms with Gasteiger partial charge in [0, 0.05) is 11.7 Å². The molecule has 7 nitrogen and oxygen atoms in total. The van der Waals surface area contributed by atoms with Gasteiger partial charge in [-0.1, -0.05) is 66.9 Å². The molecule has 3 aromatic carbocycles. The molecule has 1 atom stereocenters. The van der Waals surface area contributed by atoms with Gasteiger partial charge in [-0.15, -0.1) is 5.10 Å². The van der Waals surface area contributed by atoms with Gasteiger partial charge in [0.05, 0.1) is 5.52 Å². The number of carbonyl (C=O) groups excluding carboxylic acids is 2. The smallest absolute Gasteiger partial charge is 0.249 e. The minimum atomic E-state index is -0.979. The van der Waals surface area contributed by atoms with Crippen LogP contribution in [0.5, 0.6) is 0 Å². The van der Waals surface area contributed by atoms with Crippen molar-refractivity contribution in [1.29, 1.82) is 0 Å². The molecule has 0 bridgehead atoms. The molecule has 1 aliphatic carbocycles. The van der Waals surface area contributed by atoms with Gasteiger partial charge in [-0.05, 0) is 61.2 Å². The Morgan fingerprint density at radius 1 is 1.03 bits per heavy atom. The quantitative estimate of drug-likeness (QED) is 0.384. The summed E-state index contributed by atoms with van der Waals surface area (Å²) < 4.78 is 15.9. The van der Waals surface area contributed by atoms with Crippen LogP contribution in [0.15, 0.2) is 72.8 Å². The molecule has 1 fully saturated rings. The largest absolute Gasteiger partial charge is 0.351 e. The molecule has 1 heterocycles. The summed E-state index contributed by atoms with van der Waals surface area (Å²) >= 11 is 0. The fourth-order valence-corrected chi connectivity index (χ4v) is 5.12. The second kappa shape index (κ2) is 10.9. The Morgan fingerprint density at radius 3 is 2.57 bits per heavy atom. The molecular weight excluding hydrogens is 469 g/mol. The molecule has 1 unspecified atom stereocenters. The minimum absolute atomic E-state index is 0.0523. The summed E-state index contributed by atoms with van der Waals surface area (Å²) in [5, 5.41) is 11.5. The molecule has 0 saturated heterocycles. The van der Waals surface area contributed by atoms with Crippen LogP contribution in [0, 0.1) is 12.7 Å². The third-order valence-corrected chi connectivity index (χ3v) is 7.00. The lowest BCUT2D eigenvalue weighted by molar-refractivity contribution is -0.127. The number of hydrogen-bond acceptors (Lipinski definition) is 4. The third-order valence-electron chi connectivity index (χ3n) is 7.00. The number of rotatable bonds is 7. The van der Waals surface area contributed by atoms with Crippen molar-refractivity contribution in [1.82, 2.24) is 20.3 Å². The maximum absolute atomic E-state index is 14.4. The lowest BCUT2D eigenvalue weighted by atomic mass is 9.93. The molecule has 1 aliphatic rings. The van der Waals surface area contributed by atoms with E-state index in [0.717, 1.165) is 37.7 Å². The predicted octanol–water partition coefficient (Wildman–Crippen LogP) is 5.10. The van der Waals surface area contributed by atoms with Crippen molar-refractivity contribution in [3.8, 4) is 0 Å². The van der Waals surface area contributed by atoms with Gasteiger partial charge in [-0.25, -0.2) is 9.07 Å². The highest BCUT2D eigenvalue weighted by Crippen LogP contribution is 2.31. The van der Waals surface area contributed by atoms with E-state index in [4.69, 9.17) is 0 Å². The zero-order valence-corrected chi connectivity index (χ0v) is 20.8. The highest BCUT2D eigenvalue weighted by Gasteiger charge is 2.35. The van der Waals surface area contributed by atoms with Crippen molar-refractivity contribution in [2.75, 3.05) is 4.90 Å². The first-order chi connectivity index (χ1) is 18.0. The van der Waals surface area contributed by atoms with Crippen LogP contribution in [0.4, 0.5) is 10.1 Å². The molecule has 190 valence electrons. The molecule has 37 heavy (non-hydrogen) atoms. The monoisotopic (exact) mass is 499 g/mol. The number of carbonyl (C=O) groups is 2. The van der Waals surface area contributed by atoms with Crippen molar-refractivity contribution in [3.05, 3.63) is 89.7 Å². The number of nitrogens with one attached hydrogen (secondary N) is 1. The Balaban J connectivity index is 1.57. The van der Waals surface area contributed by atoms with Crippen LogP contribution in [0.25, 0.3) is 11.0 Å². The molecule has 5 rings (SSSR count). The summed E-state index contributed by atoms with van der Waals surface area (Å²) in [6, 6.07) is 19.8. The maximum atomic E-state index is 14.4. The van der Waals surface area contributed by atoms with Crippen LogP contribution in [0.1, 0.15) is 49.3 Å². The second-order valence-electron chi connectivity index (χ2n) is 9.58. The third kappa shape index (κ3) is 5.38. The number of anilines is 1. The number of hydrogen-bond donors (Lipinski definition) is 1.